The molecule has 252 valence electrons. The van der Waals surface area contributed by atoms with Crippen LogP contribution in [0.15, 0.2) is 16.3 Å². The molecule has 12 nitrogen and oxygen atoms in total. The first-order valence-electron chi connectivity index (χ1n) is 16.2. The van der Waals surface area contributed by atoms with Crippen molar-refractivity contribution in [3.05, 3.63) is 16.3 Å². The molecule has 3 heterocycles. The number of nitrogens with zero attached hydrogens (tertiary/aromatic N) is 2. The summed E-state index contributed by atoms with van der Waals surface area (Å²) in [6, 6.07) is -0.357. The first-order chi connectivity index (χ1) is 21.2. The molecule has 1 saturated carbocycles. The van der Waals surface area contributed by atoms with Gasteiger partial charge in [0.2, 0.25) is 21.8 Å². The Labute approximate surface area is 270 Å². The van der Waals surface area contributed by atoms with Gasteiger partial charge in [-0.15, -0.1) is 11.3 Å². The molecule has 2 unspecified atom stereocenters. The van der Waals surface area contributed by atoms with Crippen molar-refractivity contribution in [2.45, 2.75) is 121 Å². The summed E-state index contributed by atoms with van der Waals surface area (Å²) in [6.07, 6.45) is 8.83. The molecule has 0 aromatic carbocycles. The third kappa shape index (κ3) is 8.18. The lowest BCUT2D eigenvalue weighted by molar-refractivity contribution is -0.145. The average Bonchev–Trinajstić information content (AvgIpc) is 3.31. The van der Waals surface area contributed by atoms with E-state index in [1.807, 2.05) is 20.8 Å². The van der Waals surface area contributed by atoms with E-state index >= 15 is 0 Å². The van der Waals surface area contributed by atoms with Crippen molar-refractivity contribution in [1.82, 2.24) is 25.2 Å². The summed E-state index contributed by atoms with van der Waals surface area (Å²) in [4.78, 5) is 54.0. The van der Waals surface area contributed by atoms with Gasteiger partial charge in [0, 0.05) is 30.6 Å². The summed E-state index contributed by atoms with van der Waals surface area (Å²) in [5.41, 5.74) is -1.76. The number of carbonyl (C=O) groups is 4. The second kappa shape index (κ2) is 14.4. The molecule has 4 atom stereocenters. The molecule has 0 spiro atoms. The highest BCUT2D eigenvalue weighted by atomic mass is 32.2. The number of nitrogens with one attached hydrogen (secondary N) is 3. The van der Waals surface area contributed by atoms with Gasteiger partial charge < -0.3 is 26.0 Å². The van der Waals surface area contributed by atoms with Crippen LogP contribution < -0.4 is 16.0 Å². The molecule has 0 radical (unpaired) electrons. The van der Waals surface area contributed by atoms with Crippen LogP contribution in [-0.4, -0.2) is 83.8 Å². The van der Waals surface area contributed by atoms with Crippen molar-refractivity contribution >= 4 is 45.2 Å². The van der Waals surface area contributed by atoms with E-state index < -0.39 is 56.9 Å². The predicted octanol–water partition coefficient (Wildman–Crippen LogP) is 3.67. The largest absolute Gasteiger partial charge is 0.479 e. The molecule has 3 aliphatic rings. The van der Waals surface area contributed by atoms with Crippen molar-refractivity contribution in [2.24, 2.45) is 11.3 Å². The molecule has 2 fully saturated rings. The number of carbonyl (C=O) groups excluding carboxylic acids is 3. The molecule has 4 amide bonds. The highest BCUT2D eigenvalue weighted by Crippen LogP contribution is 2.47. The van der Waals surface area contributed by atoms with E-state index in [-0.39, 0.29) is 25.6 Å². The quantitative estimate of drug-likeness (QED) is 0.207. The number of amides is 4. The van der Waals surface area contributed by atoms with Gasteiger partial charge in [-0.1, -0.05) is 66.2 Å². The summed E-state index contributed by atoms with van der Waals surface area (Å²) < 4.78 is 27.3. The number of aliphatic carboxylic acids is 1. The molecule has 1 aromatic heterocycles. The number of unbranched alkanes of at least 4 members (excludes halogenated alkanes) is 5. The number of urea groups is 1. The number of rotatable bonds is 15. The maximum Gasteiger partial charge on any atom is 0.329 e. The van der Waals surface area contributed by atoms with Crippen molar-refractivity contribution < 1.29 is 32.7 Å². The summed E-state index contributed by atoms with van der Waals surface area (Å²) in [5.74, 6) is -2.05. The zero-order chi connectivity index (χ0) is 33.0. The molecular formula is C31H49N5O7S2. The van der Waals surface area contributed by atoms with Gasteiger partial charge in [-0.2, -0.15) is 4.31 Å². The zero-order valence-electron chi connectivity index (χ0n) is 26.9. The number of sulfonamides is 1. The zero-order valence-corrected chi connectivity index (χ0v) is 28.5. The second-order valence-corrected chi connectivity index (χ2v) is 16.6. The Balaban J connectivity index is 1.27. The molecule has 1 aromatic rings. The maximum atomic E-state index is 13.3. The van der Waals surface area contributed by atoms with Crippen LogP contribution in [0.25, 0.3) is 0 Å². The van der Waals surface area contributed by atoms with Crippen molar-refractivity contribution in [3.8, 4) is 0 Å². The number of hydrogen-bond donors (Lipinski definition) is 4. The van der Waals surface area contributed by atoms with E-state index in [1.54, 1.807) is 11.4 Å². The molecule has 1 saturated heterocycles. The molecule has 1 aliphatic carbocycles. The highest BCUT2D eigenvalue weighted by molar-refractivity contribution is 7.89. The van der Waals surface area contributed by atoms with E-state index in [9.17, 15) is 32.7 Å². The van der Waals surface area contributed by atoms with E-state index in [0.29, 0.717) is 30.7 Å². The second-order valence-electron chi connectivity index (χ2n) is 13.7. The molecule has 45 heavy (non-hydrogen) atoms. The van der Waals surface area contributed by atoms with Crippen LogP contribution in [0.2, 0.25) is 0 Å². The van der Waals surface area contributed by atoms with Crippen molar-refractivity contribution in [2.75, 3.05) is 19.6 Å². The third-order valence-electron chi connectivity index (χ3n) is 9.39. The lowest BCUT2D eigenvalue weighted by Crippen LogP contribution is -2.56. The van der Waals surface area contributed by atoms with Crippen LogP contribution in [0.4, 0.5) is 4.79 Å². The van der Waals surface area contributed by atoms with Crippen LogP contribution in [0, 0.1) is 11.3 Å². The Kier molecular flexibility index (Phi) is 11.2. The van der Waals surface area contributed by atoms with E-state index in [2.05, 4.69) is 22.9 Å². The van der Waals surface area contributed by atoms with Crippen LogP contribution in [0.1, 0.15) is 96.8 Å². The first-order valence-corrected chi connectivity index (χ1v) is 18.5. The number of thiophene rings is 1. The van der Waals surface area contributed by atoms with Gasteiger partial charge in [-0.25, -0.2) is 18.0 Å². The Hall–Kier alpha value is -2.71. The minimum atomic E-state index is -3.64. The lowest BCUT2D eigenvalue weighted by atomic mass is 9.86. The van der Waals surface area contributed by atoms with Crippen molar-refractivity contribution in [3.63, 3.8) is 0 Å². The fourth-order valence-electron chi connectivity index (χ4n) is 6.39. The van der Waals surface area contributed by atoms with Gasteiger partial charge in [0.05, 0.1) is 11.4 Å². The number of likely N-dealkylation sites (tertiary alicyclic amines) is 1. The molecular weight excluding hydrogens is 619 g/mol. The van der Waals surface area contributed by atoms with E-state index in [1.165, 1.54) is 39.8 Å². The summed E-state index contributed by atoms with van der Waals surface area (Å²) in [5, 5.41) is 19.9. The normalized spacial score (nSPS) is 24.6. The third-order valence-corrected chi connectivity index (χ3v) is 12.3. The van der Waals surface area contributed by atoms with E-state index in [4.69, 9.17) is 0 Å². The predicted molar refractivity (Wildman–Crippen MR) is 171 cm³/mol. The number of fused-ring (bicyclic) bond motifs is 1. The number of hydrogen-bond acceptors (Lipinski definition) is 7. The van der Waals surface area contributed by atoms with Gasteiger partial charge in [0.1, 0.15) is 11.6 Å². The van der Waals surface area contributed by atoms with E-state index in [0.717, 1.165) is 30.6 Å². The monoisotopic (exact) mass is 667 g/mol. The Morgan fingerprint density at radius 1 is 1.13 bits per heavy atom. The van der Waals surface area contributed by atoms with Gasteiger partial charge in [-0.05, 0) is 48.5 Å². The minimum Gasteiger partial charge on any atom is -0.479 e. The average molecular weight is 668 g/mol. The molecule has 4 N–H and O–H groups in total. The van der Waals surface area contributed by atoms with Crippen LogP contribution in [0.5, 0.6) is 0 Å². The number of carboxylic acid groups (broad SMARTS) is 1. The fourth-order valence-corrected chi connectivity index (χ4v) is 9.31. The summed E-state index contributed by atoms with van der Waals surface area (Å²) in [7, 11) is -3.64. The smallest absolute Gasteiger partial charge is 0.329 e. The fraction of sp³-hybridized carbons (Fsp3) is 0.742. The van der Waals surface area contributed by atoms with Gasteiger partial charge in [0.25, 0.3) is 0 Å². The lowest BCUT2D eigenvalue weighted by Gasteiger charge is -2.34. The van der Waals surface area contributed by atoms with Crippen LogP contribution in [0.3, 0.4) is 0 Å². The summed E-state index contributed by atoms with van der Waals surface area (Å²) >= 11 is 1.39. The maximum absolute atomic E-state index is 13.3. The standard InChI is InChI=1S/C31H49N5O7S2/c1-5-6-7-8-9-10-12-21-17-31(21,28(39)40)34-27(38)22-13-11-15-36(22)26(37)18-32-29(41)33-25(30(2,3)4)20-35-19-23-24(14-16-44-23)45(35,42)43/h14,16,21-22,25H,5-13,15,17-20H2,1-4H3,(H,34,38)(H,39,40)(H2,32,33,41)/t21?,22-,25?,31+/m0/s1. The van der Waals surface area contributed by atoms with Gasteiger partial charge in [-0.3, -0.25) is 9.59 Å². The summed E-state index contributed by atoms with van der Waals surface area (Å²) in [6.45, 7) is 8.18. The van der Waals surface area contributed by atoms with Crippen LogP contribution in [-0.2, 0) is 31.0 Å². The Bertz CT molecular complexity index is 1360. The SMILES string of the molecule is CCCCCCCCC1C[C@]1(NC(=O)[C@@H]1CCCN1C(=O)CNC(=O)NC(CN1Cc2sccc2S1(=O)=O)C(C)(C)C)C(=O)O. The van der Waals surface area contributed by atoms with Gasteiger partial charge >= 0.3 is 12.0 Å². The molecule has 14 heteroatoms. The number of carboxylic acids is 1. The minimum absolute atomic E-state index is 0.0775. The Morgan fingerprint density at radius 3 is 2.51 bits per heavy atom. The van der Waals surface area contributed by atoms with Crippen molar-refractivity contribution in [1.29, 1.82) is 0 Å². The topological polar surface area (TPSA) is 165 Å². The first kappa shape index (κ1) is 35.1. The molecule has 4 rings (SSSR count). The van der Waals surface area contributed by atoms with Gasteiger partial charge in [0.15, 0.2) is 0 Å². The Morgan fingerprint density at radius 2 is 1.84 bits per heavy atom. The van der Waals surface area contributed by atoms with Crippen LogP contribution >= 0.6 is 11.3 Å². The highest BCUT2D eigenvalue weighted by Gasteiger charge is 2.61. The molecule has 2 aliphatic heterocycles. The molecule has 0 bridgehead atoms.